The highest BCUT2D eigenvalue weighted by atomic mass is 19.1. The molecule has 1 saturated carbocycles. The van der Waals surface area contributed by atoms with Crippen molar-refractivity contribution in [3.05, 3.63) is 83.2 Å². The summed E-state index contributed by atoms with van der Waals surface area (Å²) in [5.74, 6) is 2.76. The van der Waals surface area contributed by atoms with Crippen LogP contribution in [-0.4, -0.2) is 19.2 Å². The topological polar surface area (TPSA) is 54.0 Å². The van der Waals surface area contributed by atoms with E-state index in [-0.39, 0.29) is 31.1 Å². The Hall–Kier alpha value is -3.54. The van der Waals surface area contributed by atoms with Crippen LogP contribution in [0.4, 0.5) is 4.39 Å². The zero-order valence-corrected chi connectivity index (χ0v) is 19.1. The second-order valence-electron chi connectivity index (χ2n) is 8.69. The van der Waals surface area contributed by atoms with Crippen LogP contribution in [0.25, 0.3) is 0 Å². The van der Waals surface area contributed by atoms with Crippen molar-refractivity contribution >= 4 is 5.97 Å². The third-order valence-corrected chi connectivity index (χ3v) is 6.16. The van der Waals surface area contributed by atoms with E-state index in [1.54, 1.807) is 30.3 Å². The maximum absolute atomic E-state index is 14.8. The minimum Gasteiger partial charge on any atom is -0.490 e. The first-order valence-corrected chi connectivity index (χ1v) is 11.7. The molecule has 0 N–H and O–H groups in total. The molecule has 0 bridgehead atoms. The van der Waals surface area contributed by atoms with E-state index in [1.165, 1.54) is 31.4 Å². The molecule has 5 rings (SSSR count). The van der Waals surface area contributed by atoms with Gasteiger partial charge in [-0.1, -0.05) is 12.1 Å². The van der Waals surface area contributed by atoms with Gasteiger partial charge in [-0.25, -0.2) is 4.39 Å². The van der Waals surface area contributed by atoms with Crippen molar-refractivity contribution in [2.45, 2.75) is 44.6 Å². The minimum absolute atomic E-state index is 0.198. The molecule has 0 amide bonds. The second-order valence-corrected chi connectivity index (χ2v) is 8.69. The van der Waals surface area contributed by atoms with Crippen molar-refractivity contribution in [2.75, 3.05) is 13.2 Å². The average molecular weight is 463 g/mol. The zero-order chi connectivity index (χ0) is 23.5. The van der Waals surface area contributed by atoms with E-state index in [1.807, 2.05) is 12.1 Å². The number of hydrogen-bond donors (Lipinski definition) is 0. The van der Waals surface area contributed by atoms with Gasteiger partial charge in [0.1, 0.15) is 48.1 Å². The van der Waals surface area contributed by atoms with Gasteiger partial charge in [0.25, 0.3) is 0 Å². The summed E-state index contributed by atoms with van der Waals surface area (Å²) in [5.41, 5.74) is 2.78. The number of fused-ring (bicyclic) bond motifs is 1. The SMILES string of the molecule is CC(=O)OCCOc1ccc(Oc2ccc(F)c3c2CCC3Oc2ccc(C3CC3)cc2)cc1. The number of carbonyl (C=O) groups excluding carboxylic acids is 1. The number of esters is 1. The molecule has 0 heterocycles. The van der Waals surface area contributed by atoms with Crippen LogP contribution in [0.5, 0.6) is 23.0 Å². The Morgan fingerprint density at radius 3 is 2.29 bits per heavy atom. The molecule has 2 aliphatic carbocycles. The Kier molecular flexibility index (Phi) is 6.39. The summed E-state index contributed by atoms with van der Waals surface area (Å²) in [6.07, 6.45) is 3.57. The number of halogens is 1. The molecule has 0 aromatic heterocycles. The second kappa shape index (κ2) is 9.75. The molecule has 1 unspecified atom stereocenters. The van der Waals surface area contributed by atoms with Gasteiger partial charge in [-0.05, 0) is 85.7 Å². The maximum Gasteiger partial charge on any atom is 0.302 e. The van der Waals surface area contributed by atoms with Gasteiger partial charge in [-0.3, -0.25) is 4.79 Å². The Morgan fingerprint density at radius 2 is 1.59 bits per heavy atom. The van der Waals surface area contributed by atoms with Crippen LogP contribution in [0.15, 0.2) is 60.7 Å². The number of hydrogen-bond acceptors (Lipinski definition) is 5. The predicted octanol–water partition coefficient (Wildman–Crippen LogP) is 6.50. The van der Waals surface area contributed by atoms with Crippen molar-refractivity contribution in [1.29, 1.82) is 0 Å². The largest absolute Gasteiger partial charge is 0.490 e. The minimum atomic E-state index is -0.335. The number of ether oxygens (including phenoxy) is 4. The molecular formula is C28H27FO5. The van der Waals surface area contributed by atoms with Crippen LogP contribution in [0, 0.1) is 5.82 Å². The number of benzene rings is 3. The van der Waals surface area contributed by atoms with Gasteiger partial charge in [0.05, 0.1) is 0 Å². The van der Waals surface area contributed by atoms with E-state index in [0.717, 1.165) is 11.3 Å². The lowest BCUT2D eigenvalue weighted by molar-refractivity contribution is -0.141. The summed E-state index contributed by atoms with van der Waals surface area (Å²) in [6, 6.07) is 18.5. The predicted molar refractivity (Wildman–Crippen MR) is 125 cm³/mol. The summed E-state index contributed by atoms with van der Waals surface area (Å²) in [7, 11) is 0. The average Bonchev–Trinajstić information content (AvgIpc) is 3.60. The van der Waals surface area contributed by atoms with Crippen molar-refractivity contribution in [3.8, 4) is 23.0 Å². The molecule has 1 atom stereocenters. The van der Waals surface area contributed by atoms with Crippen molar-refractivity contribution < 1.29 is 28.1 Å². The fourth-order valence-electron chi connectivity index (χ4n) is 4.33. The normalized spacial score (nSPS) is 16.6. The quantitative estimate of drug-likeness (QED) is 0.268. The van der Waals surface area contributed by atoms with Gasteiger partial charge >= 0.3 is 5.97 Å². The molecule has 0 saturated heterocycles. The third-order valence-electron chi connectivity index (χ3n) is 6.16. The summed E-state index contributed by atoms with van der Waals surface area (Å²) in [5, 5.41) is 0. The molecule has 3 aromatic carbocycles. The molecule has 0 aliphatic heterocycles. The summed E-state index contributed by atoms with van der Waals surface area (Å²) in [6.45, 7) is 1.83. The van der Waals surface area contributed by atoms with Crippen LogP contribution >= 0.6 is 0 Å². The van der Waals surface area contributed by atoms with E-state index in [4.69, 9.17) is 18.9 Å². The lowest BCUT2D eigenvalue weighted by Crippen LogP contribution is -2.09. The highest BCUT2D eigenvalue weighted by Crippen LogP contribution is 2.44. The third kappa shape index (κ3) is 5.16. The van der Waals surface area contributed by atoms with E-state index < -0.39 is 0 Å². The first-order valence-electron chi connectivity index (χ1n) is 11.7. The van der Waals surface area contributed by atoms with Crippen LogP contribution in [0.1, 0.15) is 54.9 Å². The van der Waals surface area contributed by atoms with Crippen molar-refractivity contribution in [2.24, 2.45) is 0 Å². The monoisotopic (exact) mass is 462 g/mol. The summed E-state index contributed by atoms with van der Waals surface area (Å²) < 4.78 is 37.5. The molecule has 34 heavy (non-hydrogen) atoms. The molecule has 176 valence electrons. The van der Waals surface area contributed by atoms with E-state index in [0.29, 0.717) is 41.6 Å². The maximum atomic E-state index is 14.8. The molecule has 0 spiro atoms. The number of rotatable bonds is 9. The van der Waals surface area contributed by atoms with Gasteiger partial charge < -0.3 is 18.9 Å². The highest BCUT2D eigenvalue weighted by molar-refractivity contribution is 5.65. The lowest BCUT2D eigenvalue weighted by Gasteiger charge is -2.17. The van der Waals surface area contributed by atoms with E-state index in [9.17, 15) is 9.18 Å². The molecule has 6 heteroatoms. The zero-order valence-electron chi connectivity index (χ0n) is 19.1. The Labute approximate surface area is 198 Å². The van der Waals surface area contributed by atoms with Crippen molar-refractivity contribution in [1.82, 2.24) is 0 Å². The first-order chi connectivity index (χ1) is 16.6. The van der Waals surface area contributed by atoms with Gasteiger partial charge in [0.15, 0.2) is 0 Å². The van der Waals surface area contributed by atoms with Gasteiger partial charge in [-0.15, -0.1) is 0 Å². The van der Waals surface area contributed by atoms with Gasteiger partial charge in [-0.2, -0.15) is 0 Å². The highest BCUT2D eigenvalue weighted by Gasteiger charge is 2.31. The van der Waals surface area contributed by atoms with E-state index in [2.05, 4.69) is 12.1 Å². The Bertz CT molecular complexity index is 1150. The molecule has 5 nitrogen and oxygen atoms in total. The smallest absolute Gasteiger partial charge is 0.302 e. The fraction of sp³-hybridized carbons (Fsp3) is 0.321. The van der Waals surface area contributed by atoms with Gasteiger partial charge in [0, 0.05) is 18.1 Å². The van der Waals surface area contributed by atoms with Crippen LogP contribution < -0.4 is 14.2 Å². The molecule has 1 fully saturated rings. The van der Waals surface area contributed by atoms with Gasteiger partial charge in [0.2, 0.25) is 0 Å². The summed E-state index contributed by atoms with van der Waals surface area (Å²) >= 11 is 0. The Morgan fingerprint density at radius 1 is 0.882 bits per heavy atom. The summed E-state index contributed by atoms with van der Waals surface area (Å²) in [4.78, 5) is 10.8. The first kappa shape index (κ1) is 22.3. The molecular weight excluding hydrogens is 435 g/mol. The number of carbonyl (C=O) groups is 1. The standard InChI is InChI=1S/C28H27FO5/c1-18(30)31-16-17-32-21-8-10-23(11-9-21)33-26-15-13-25(29)28-24(26)12-14-27(28)34-22-6-4-20(5-7-22)19-2-3-19/h4-11,13,15,19,27H,2-3,12,14,16-17H2,1H3. The Balaban J connectivity index is 1.24. The van der Waals surface area contributed by atoms with Crippen LogP contribution in [0.3, 0.4) is 0 Å². The van der Waals surface area contributed by atoms with Crippen LogP contribution in [-0.2, 0) is 16.0 Å². The molecule has 2 aliphatic rings. The fourth-order valence-corrected chi connectivity index (χ4v) is 4.33. The lowest BCUT2D eigenvalue weighted by atomic mass is 10.1. The molecule has 3 aromatic rings. The van der Waals surface area contributed by atoms with Crippen molar-refractivity contribution in [3.63, 3.8) is 0 Å². The molecule has 0 radical (unpaired) electrons. The van der Waals surface area contributed by atoms with Crippen LogP contribution in [0.2, 0.25) is 0 Å². The van der Waals surface area contributed by atoms with E-state index >= 15 is 0 Å².